The number of carboxylic acids is 2. The molecule has 3 heterocycles. The number of aryl methyl sites for hydroxylation is 2. The van der Waals surface area contributed by atoms with Gasteiger partial charge < -0.3 is 24.7 Å². The Hall–Kier alpha value is -3.95. The van der Waals surface area contributed by atoms with Crippen LogP contribution in [0.25, 0.3) is 10.9 Å². The van der Waals surface area contributed by atoms with Gasteiger partial charge in [0.15, 0.2) is 0 Å². The van der Waals surface area contributed by atoms with E-state index in [1.807, 2.05) is 24.6 Å². The first-order valence-electron chi connectivity index (χ1n) is 9.38. The Morgan fingerprint density at radius 1 is 1.26 bits per heavy atom. The van der Waals surface area contributed by atoms with Crippen LogP contribution < -0.4 is 0 Å². The van der Waals surface area contributed by atoms with Gasteiger partial charge in [0, 0.05) is 48.9 Å². The molecule has 0 aliphatic carbocycles. The number of halogens is 1. The minimum absolute atomic E-state index is 0.0511. The SMILES string of the molecule is Cc1[nH]cnc1CN1CCc2c(c3cccc(F)c3n2C)C1=O.O=C(O)C=CC(=O)O. The van der Waals surface area contributed by atoms with E-state index in [9.17, 15) is 18.8 Å². The van der Waals surface area contributed by atoms with Crippen molar-refractivity contribution in [2.75, 3.05) is 6.54 Å². The Morgan fingerprint density at radius 2 is 1.94 bits per heavy atom. The molecular weight excluding hydrogens is 407 g/mol. The van der Waals surface area contributed by atoms with Crippen molar-refractivity contribution in [1.82, 2.24) is 19.4 Å². The quantitative estimate of drug-likeness (QED) is 0.547. The molecule has 3 N–H and O–H groups in total. The molecule has 0 radical (unpaired) electrons. The summed E-state index contributed by atoms with van der Waals surface area (Å²) < 4.78 is 16.0. The highest BCUT2D eigenvalue weighted by Gasteiger charge is 2.31. The van der Waals surface area contributed by atoms with Crippen molar-refractivity contribution in [3.05, 3.63) is 65.1 Å². The minimum Gasteiger partial charge on any atom is -0.478 e. The normalized spacial score (nSPS) is 13.3. The lowest BCUT2D eigenvalue weighted by molar-refractivity contribution is -0.134. The first kappa shape index (κ1) is 21.8. The summed E-state index contributed by atoms with van der Waals surface area (Å²) in [6.45, 7) is 3.03. The van der Waals surface area contributed by atoms with Gasteiger partial charge >= 0.3 is 11.9 Å². The number of nitrogens with zero attached hydrogens (tertiary/aromatic N) is 3. The fraction of sp³-hybridized carbons (Fsp3) is 0.238. The van der Waals surface area contributed by atoms with Gasteiger partial charge in [-0.3, -0.25) is 4.79 Å². The van der Waals surface area contributed by atoms with E-state index in [0.717, 1.165) is 23.5 Å². The summed E-state index contributed by atoms with van der Waals surface area (Å²) >= 11 is 0. The van der Waals surface area contributed by atoms with Crippen molar-refractivity contribution in [2.45, 2.75) is 19.9 Å². The molecule has 1 aliphatic rings. The first-order valence-corrected chi connectivity index (χ1v) is 9.38. The maximum atomic E-state index is 14.2. The number of carbonyl (C=O) groups excluding carboxylic acids is 1. The number of carbonyl (C=O) groups is 3. The van der Waals surface area contributed by atoms with E-state index in [0.29, 0.717) is 41.7 Å². The number of aliphatic carboxylic acids is 2. The average molecular weight is 428 g/mol. The second-order valence-electron chi connectivity index (χ2n) is 6.98. The Kier molecular flexibility index (Phi) is 6.19. The molecule has 31 heavy (non-hydrogen) atoms. The summed E-state index contributed by atoms with van der Waals surface area (Å²) in [5.41, 5.74) is 3.87. The van der Waals surface area contributed by atoms with Crippen molar-refractivity contribution >= 4 is 28.7 Å². The van der Waals surface area contributed by atoms with E-state index in [1.54, 1.807) is 17.3 Å². The predicted molar refractivity (Wildman–Crippen MR) is 109 cm³/mol. The van der Waals surface area contributed by atoms with Crippen LogP contribution in [-0.2, 0) is 29.6 Å². The van der Waals surface area contributed by atoms with Crippen LogP contribution in [0.3, 0.4) is 0 Å². The van der Waals surface area contributed by atoms with Gasteiger partial charge in [-0.15, -0.1) is 0 Å². The van der Waals surface area contributed by atoms with E-state index >= 15 is 0 Å². The van der Waals surface area contributed by atoms with Crippen LogP contribution in [0.2, 0.25) is 0 Å². The highest BCUT2D eigenvalue weighted by atomic mass is 19.1. The molecule has 10 heteroatoms. The number of rotatable bonds is 4. The molecule has 4 rings (SSSR count). The second-order valence-corrected chi connectivity index (χ2v) is 6.98. The molecule has 3 aromatic rings. The van der Waals surface area contributed by atoms with Crippen LogP contribution in [0.1, 0.15) is 27.4 Å². The van der Waals surface area contributed by atoms with Crippen molar-refractivity contribution < 1.29 is 29.0 Å². The highest BCUT2D eigenvalue weighted by molar-refractivity contribution is 6.09. The van der Waals surface area contributed by atoms with Gasteiger partial charge in [-0.2, -0.15) is 0 Å². The van der Waals surface area contributed by atoms with Crippen molar-refractivity contribution in [1.29, 1.82) is 0 Å². The van der Waals surface area contributed by atoms with Crippen LogP contribution >= 0.6 is 0 Å². The number of hydrogen-bond donors (Lipinski definition) is 3. The summed E-state index contributed by atoms with van der Waals surface area (Å²) in [5.74, 6) is -2.86. The Balaban J connectivity index is 0.000000293. The number of amides is 1. The van der Waals surface area contributed by atoms with Gasteiger partial charge in [0.05, 0.1) is 29.6 Å². The summed E-state index contributed by atoms with van der Waals surface area (Å²) in [6, 6.07) is 4.91. The first-order chi connectivity index (χ1) is 14.7. The molecule has 1 aromatic carbocycles. The summed E-state index contributed by atoms with van der Waals surface area (Å²) in [6.07, 6.45) is 3.47. The fourth-order valence-corrected chi connectivity index (χ4v) is 3.57. The van der Waals surface area contributed by atoms with Crippen molar-refractivity contribution in [3.63, 3.8) is 0 Å². The van der Waals surface area contributed by atoms with Gasteiger partial charge in [0.2, 0.25) is 0 Å². The van der Waals surface area contributed by atoms with E-state index in [2.05, 4.69) is 9.97 Å². The van der Waals surface area contributed by atoms with E-state index in [1.165, 1.54) is 6.07 Å². The lowest BCUT2D eigenvalue weighted by Crippen LogP contribution is -2.37. The number of hydrogen-bond acceptors (Lipinski definition) is 4. The van der Waals surface area contributed by atoms with Gasteiger partial charge in [-0.25, -0.2) is 19.0 Å². The maximum Gasteiger partial charge on any atom is 0.328 e. The van der Waals surface area contributed by atoms with Crippen LogP contribution in [0.4, 0.5) is 4.39 Å². The van der Waals surface area contributed by atoms with E-state index in [4.69, 9.17) is 10.2 Å². The molecule has 1 amide bonds. The molecular formula is C21H21FN4O5. The second kappa shape index (κ2) is 8.82. The zero-order valence-corrected chi connectivity index (χ0v) is 16.9. The molecule has 0 atom stereocenters. The summed E-state index contributed by atoms with van der Waals surface area (Å²) in [7, 11) is 1.82. The maximum absolute atomic E-state index is 14.2. The average Bonchev–Trinajstić information content (AvgIpc) is 3.25. The lowest BCUT2D eigenvalue weighted by atomic mass is 10.0. The zero-order valence-electron chi connectivity index (χ0n) is 16.9. The standard InChI is InChI=1S/C17H17FN4O.C4H4O4/c1-10-13(20-9-19-10)8-22-7-6-14-15(17(22)23)11-4-3-5-12(18)16(11)21(14)2;5-3(6)1-2-4(7)8/h3-5,9H,6-8H2,1-2H3,(H,19,20);1-2H,(H,5,6)(H,7,8). The molecule has 0 spiro atoms. The molecule has 9 nitrogen and oxygen atoms in total. The molecule has 1 aliphatic heterocycles. The molecule has 162 valence electrons. The molecule has 0 fully saturated rings. The van der Waals surface area contributed by atoms with E-state index in [-0.39, 0.29) is 11.7 Å². The monoisotopic (exact) mass is 428 g/mol. The Morgan fingerprint density at radius 3 is 2.52 bits per heavy atom. The van der Waals surface area contributed by atoms with Crippen LogP contribution in [0, 0.1) is 12.7 Å². The topological polar surface area (TPSA) is 129 Å². The number of aromatic amines is 1. The van der Waals surface area contributed by atoms with Crippen LogP contribution in [-0.4, -0.2) is 54.0 Å². The molecule has 0 unspecified atom stereocenters. The number of carboxylic acid groups (broad SMARTS) is 2. The number of fused-ring (bicyclic) bond motifs is 3. The predicted octanol–water partition coefficient (Wildman–Crippen LogP) is 2.26. The number of imidazole rings is 1. The Bertz CT molecular complexity index is 1180. The lowest BCUT2D eigenvalue weighted by Gasteiger charge is -2.27. The van der Waals surface area contributed by atoms with E-state index < -0.39 is 11.9 Å². The third-order valence-electron chi connectivity index (χ3n) is 5.05. The summed E-state index contributed by atoms with van der Waals surface area (Å²) in [5, 5.41) is 16.3. The fourth-order valence-electron chi connectivity index (χ4n) is 3.57. The molecule has 0 bridgehead atoms. The molecule has 0 saturated heterocycles. The van der Waals surface area contributed by atoms with Gasteiger partial charge in [0.25, 0.3) is 5.91 Å². The highest BCUT2D eigenvalue weighted by Crippen LogP contribution is 2.32. The van der Waals surface area contributed by atoms with Gasteiger partial charge in [0.1, 0.15) is 5.82 Å². The number of nitrogens with one attached hydrogen (secondary N) is 1. The third kappa shape index (κ3) is 4.47. The number of para-hydroxylation sites is 1. The van der Waals surface area contributed by atoms with Crippen LogP contribution in [0.5, 0.6) is 0 Å². The largest absolute Gasteiger partial charge is 0.478 e. The van der Waals surface area contributed by atoms with Crippen molar-refractivity contribution in [2.24, 2.45) is 7.05 Å². The summed E-state index contributed by atoms with van der Waals surface area (Å²) in [4.78, 5) is 41.1. The minimum atomic E-state index is -1.26. The smallest absolute Gasteiger partial charge is 0.328 e. The van der Waals surface area contributed by atoms with Gasteiger partial charge in [-0.05, 0) is 13.0 Å². The number of H-pyrrole nitrogens is 1. The van der Waals surface area contributed by atoms with Crippen molar-refractivity contribution in [3.8, 4) is 0 Å². The number of benzene rings is 1. The van der Waals surface area contributed by atoms with Gasteiger partial charge in [-0.1, -0.05) is 12.1 Å². The zero-order chi connectivity index (χ0) is 22.7. The molecule has 2 aromatic heterocycles. The Labute approximate surface area is 176 Å². The van der Waals surface area contributed by atoms with Crippen LogP contribution in [0.15, 0.2) is 36.7 Å². The third-order valence-corrected chi connectivity index (χ3v) is 5.05. The number of aromatic nitrogens is 3. The molecule has 0 saturated carbocycles.